The van der Waals surface area contributed by atoms with Crippen LogP contribution in [0, 0.1) is 6.92 Å². The van der Waals surface area contributed by atoms with Gasteiger partial charge in [0, 0.05) is 17.8 Å². The Kier molecular flexibility index (Phi) is 5.66. The molecule has 0 saturated carbocycles. The molecule has 0 spiro atoms. The molecule has 1 unspecified atom stereocenters. The highest BCUT2D eigenvalue weighted by atomic mass is 16.5. The maximum absolute atomic E-state index is 12.2. The summed E-state index contributed by atoms with van der Waals surface area (Å²) in [4.78, 5) is 16.4. The largest absolute Gasteiger partial charge is 0.481 e. The predicted octanol–water partition coefficient (Wildman–Crippen LogP) is 2.91. The molecular formula is C18H27N5O2. The fourth-order valence-corrected chi connectivity index (χ4v) is 2.41. The summed E-state index contributed by atoms with van der Waals surface area (Å²) in [5.74, 6) is 0.526. The summed E-state index contributed by atoms with van der Waals surface area (Å²) < 4.78 is 7.00. The van der Waals surface area contributed by atoms with Gasteiger partial charge in [0.1, 0.15) is 0 Å². The van der Waals surface area contributed by atoms with E-state index < -0.39 is 0 Å². The van der Waals surface area contributed by atoms with Crippen LogP contribution < -0.4 is 15.4 Å². The third-order valence-corrected chi connectivity index (χ3v) is 3.86. The molecule has 2 amide bonds. The normalized spacial score (nSPS) is 12.6. The van der Waals surface area contributed by atoms with Gasteiger partial charge in [-0.2, -0.15) is 5.10 Å². The molecule has 25 heavy (non-hydrogen) atoms. The molecule has 2 N–H and O–H groups in total. The molecule has 2 rings (SSSR count). The molecular weight excluding hydrogens is 318 g/mol. The molecule has 0 aliphatic rings. The lowest BCUT2D eigenvalue weighted by Crippen LogP contribution is -2.36. The molecule has 2 aromatic rings. The van der Waals surface area contributed by atoms with E-state index in [4.69, 9.17) is 4.74 Å². The number of carbonyl (C=O) groups is 1. The van der Waals surface area contributed by atoms with Crippen molar-refractivity contribution >= 4 is 6.03 Å². The maximum atomic E-state index is 12.2. The summed E-state index contributed by atoms with van der Waals surface area (Å²) in [6, 6.07) is 5.05. The van der Waals surface area contributed by atoms with Crippen LogP contribution in [-0.2, 0) is 12.1 Å². The van der Waals surface area contributed by atoms with Gasteiger partial charge in [0.25, 0.3) is 0 Å². The Morgan fingerprint density at radius 1 is 1.36 bits per heavy atom. The van der Waals surface area contributed by atoms with Gasteiger partial charge in [0.2, 0.25) is 5.88 Å². The van der Waals surface area contributed by atoms with E-state index in [1.165, 1.54) is 0 Å². The van der Waals surface area contributed by atoms with Crippen molar-refractivity contribution in [3.8, 4) is 5.88 Å². The second-order valence-corrected chi connectivity index (χ2v) is 7.01. The number of nitrogens with zero attached hydrogens (tertiary/aromatic N) is 3. The summed E-state index contributed by atoms with van der Waals surface area (Å²) in [6.45, 7) is 10.5. The third kappa shape index (κ3) is 4.95. The van der Waals surface area contributed by atoms with Crippen molar-refractivity contribution in [2.45, 2.75) is 52.7 Å². The van der Waals surface area contributed by atoms with Gasteiger partial charge in [-0.05, 0) is 40.7 Å². The van der Waals surface area contributed by atoms with E-state index in [1.54, 1.807) is 13.2 Å². The first-order valence-electron chi connectivity index (χ1n) is 8.31. The highest BCUT2D eigenvalue weighted by Crippen LogP contribution is 2.21. The minimum Gasteiger partial charge on any atom is -0.481 e. The number of hydrogen-bond acceptors (Lipinski definition) is 4. The molecule has 0 fully saturated rings. The average molecular weight is 345 g/mol. The zero-order valence-corrected chi connectivity index (χ0v) is 15.8. The molecule has 0 aliphatic heterocycles. The number of methoxy groups -OCH3 is 1. The molecule has 1 atom stereocenters. The Morgan fingerprint density at radius 3 is 2.68 bits per heavy atom. The highest BCUT2D eigenvalue weighted by molar-refractivity contribution is 5.74. The topological polar surface area (TPSA) is 81.1 Å². The van der Waals surface area contributed by atoms with Crippen molar-refractivity contribution in [3.05, 3.63) is 41.3 Å². The van der Waals surface area contributed by atoms with E-state index in [9.17, 15) is 4.79 Å². The van der Waals surface area contributed by atoms with Crippen LogP contribution in [0.15, 0.2) is 24.4 Å². The van der Waals surface area contributed by atoms with Gasteiger partial charge in [-0.15, -0.1) is 0 Å². The zero-order valence-electron chi connectivity index (χ0n) is 15.8. The lowest BCUT2D eigenvalue weighted by atomic mass is 10.1. The monoisotopic (exact) mass is 345 g/mol. The number of carbonyl (C=O) groups excluding carboxylic acids is 1. The van der Waals surface area contributed by atoms with E-state index in [0.29, 0.717) is 12.4 Å². The molecule has 0 bridgehead atoms. The molecule has 2 heterocycles. The van der Waals surface area contributed by atoms with E-state index in [-0.39, 0.29) is 17.6 Å². The summed E-state index contributed by atoms with van der Waals surface area (Å²) >= 11 is 0. The quantitative estimate of drug-likeness (QED) is 0.873. The van der Waals surface area contributed by atoms with Gasteiger partial charge < -0.3 is 15.4 Å². The first kappa shape index (κ1) is 18.8. The van der Waals surface area contributed by atoms with Gasteiger partial charge in [-0.25, -0.2) is 9.78 Å². The van der Waals surface area contributed by atoms with Crippen molar-refractivity contribution < 1.29 is 9.53 Å². The molecule has 0 aliphatic carbocycles. The number of nitrogens with one attached hydrogen (secondary N) is 2. The number of aryl methyl sites for hydroxylation is 1. The predicted molar refractivity (Wildman–Crippen MR) is 96.5 cm³/mol. The van der Waals surface area contributed by atoms with Gasteiger partial charge in [0.05, 0.1) is 36.6 Å². The number of rotatable bonds is 5. The first-order valence-corrected chi connectivity index (χ1v) is 8.31. The number of ether oxygens (including phenoxy) is 1. The zero-order chi connectivity index (χ0) is 18.6. The Balaban J connectivity index is 1.95. The summed E-state index contributed by atoms with van der Waals surface area (Å²) in [7, 11) is 1.56. The number of pyridine rings is 1. The number of amides is 2. The highest BCUT2D eigenvalue weighted by Gasteiger charge is 2.20. The lowest BCUT2D eigenvalue weighted by molar-refractivity contribution is 0.237. The van der Waals surface area contributed by atoms with E-state index in [2.05, 4.69) is 41.5 Å². The summed E-state index contributed by atoms with van der Waals surface area (Å²) in [5, 5.41) is 10.3. The van der Waals surface area contributed by atoms with Crippen LogP contribution >= 0.6 is 0 Å². The van der Waals surface area contributed by atoms with Gasteiger partial charge >= 0.3 is 6.03 Å². The van der Waals surface area contributed by atoms with E-state index >= 15 is 0 Å². The smallest absolute Gasteiger partial charge is 0.315 e. The van der Waals surface area contributed by atoms with Crippen molar-refractivity contribution in [1.29, 1.82) is 0 Å². The Labute approximate surface area is 148 Å². The van der Waals surface area contributed by atoms with E-state index in [1.807, 2.05) is 36.9 Å². The van der Waals surface area contributed by atoms with Crippen molar-refractivity contribution in [1.82, 2.24) is 25.4 Å². The van der Waals surface area contributed by atoms with Gasteiger partial charge in [-0.1, -0.05) is 6.07 Å². The number of urea groups is 1. The lowest BCUT2D eigenvalue weighted by Gasteiger charge is -2.19. The number of hydrogen-bond donors (Lipinski definition) is 2. The summed E-state index contributed by atoms with van der Waals surface area (Å²) in [5.41, 5.74) is 2.56. The Hall–Kier alpha value is -2.57. The maximum Gasteiger partial charge on any atom is 0.315 e. The Bertz CT molecular complexity index is 733. The molecule has 0 radical (unpaired) electrons. The van der Waals surface area contributed by atoms with Crippen molar-refractivity contribution in [2.24, 2.45) is 0 Å². The first-order chi connectivity index (χ1) is 11.7. The second-order valence-electron chi connectivity index (χ2n) is 7.01. The van der Waals surface area contributed by atoms with Crippen LogP contribution in [-0.4, -0.2) is 27.9 Å². The molecule has 2 aromatic heterocycles. The minimum absolute atomic E-state index is 0.0942. The molecule has 7 nitrogen and oxygen atoms in total. The van der Waals surface area contributed by atoms with E-state index in [0.717, 1.165) is 17.0 Å². The average Bonchev–Trinajstić information content (AvgIpc) is 2.95. The van der Waals surface area contributed by atoms with Crippen LogP contribution in [0.25, 0.3) is 0 Å². The fourth-order valence-electron chi connectivity index (χ4n) is 2.41. The van der Waals surface area contributed by atoms with Gasteiger partial charge in [-0.3, -0.25) is 4.68 Å². The van der Waals surface area contributed by atoms with Gasteiger partial charge in [0.15, 0.2) is 0 Å². The Morgan fingerprint density at radius 2 is 2.08 bits per heavy atom. The standard InChI is InChI=1S/C18H27N5O2/c1-12(15-11-23(18(3,4)5)22-13(15)2)20-17(24)19-10-14-8-7-9-16(21-14)25-6/h7-9,11-12H,10H2,1-6H3,(H2,19,20,24). The van der Waals surface area contributed by atoms with Crippen LogP contribution in [0.5, 0.6) is 5.88 Å². The van der Waals surface area contributed by atoms with Crippen LogP contribution in [0.1, 0.15) is 50.7 Å². The second kappa shape index (κ2) is 7.55. The van der Waals surface area contributed by atoms with Crippen LogP contribution in [0.3, 0.4) is 0 Å². The van der Waals surface area contributed by atoms with Crippen LogP contribution in [0.4, 0.5) is 4.79 Å². The van der Waals surface area contributed by atoms with Crippen molar-refractivity contribution in [2.75, 3.05) is 7.11 Å². The molecule has 136 valence electrons. The van der Waals surface area contributed by atoms with Crippen molar-refractivity contribution in [3.63, 3.8) is 0 Å². The minimum atomic E-state index is -0.250. The third-order valence-electron chi connectivity index (χ3n) is 3.86. The number of aromatic nitrogens is 3. The molecule has 0 aromatic carbocycles. The van der Waals surface area contributed by atoms with Crippen LogP contribution in [0.2, 0.25) is 0 Å². The summed E-state index contributed by atoms with van der Waals surface area (Å²) in [6.07, 6.45) is 1.99. The fraction of sp³-hybridized carbons (Fsp3) is 0.500. The molecule has 0 saturated heterocycles. The molecule has 7 heteroatoms. The SMILES string of the molecule is COc1cccc(CNC(=O)NC(C)c2cn(C(C)(C)C)nc2C)n1.